The molecule has 0 unspecified atom stereocenters. The Morgan fingerprint density at radius 2 is 1.05 bits per heavy atom. The van der Waals surface area contributed by atoms with Crippen molar-refractivity contribution in [3.63, 3.8) is 0 Å². The van der Waals surface area contributed by atoms with Gasteiger partial charge < -0.3 is 9.32 Å². The Kier molecular flexibility index (Phi) is 4.93. The van der Waals surface area contributed by atoms with Gasteiger partial charge in [0.15, 0.2) is 0 Å². The van der Waals surface area contributed by atoms with E-state index >= 15 is 0 Å². The Balaban J connectivity index is 1.31. The summed E-state index contributed by atoms with van der Waals surface area (Å²) >= 11 is 0. The molecule has 0 aliphatic carbocycles. The molecule has 9 aromatic rings. The van der Waals surface area contributed by atoms with Crippen LogP contribution in [-0.4, -0.2) is 0 Å². The number of rotatable bonds is 3. The first-order valence-corrected chi connectivity index (χ1v) is 14.4. The Hall–Kier alpha value is -5.60. The summed E-state index contributed by atoms with van der Waals surface area (Å²) in [4.78, 5) is 2.37. The number of para-hydroxylation sites is 2. The van der Waals surface area contributed by atoms with Gasteiger partial charge in [0.25, 0.3) is 0 Å². The number of hydrogen-bond donors (Lipinski definition) is 0. The van der Waals surface area contributed by atoms with E-state index < -0.39 is 0 Å². The zero-order valence-electron chi connectivity index (χ0n) is 22.8. The third-order valence-corrected chi connectivity index (χ3v) is 8.60. The van der Waals surface area contributed by atoms with Gasteiger partial charge >= 0.3 is 0 Å². The molecule has 0 bridgehead atoms. The largest absolute Gasteiger partial charge is 0.456 e. The van der Waals surface area contributed by atoms with Crippen molar-refractivity contribution in [2.24, 2.45) is 0 Å². The maximum Gasteiger partial charge on any atom is 0.136 e. The number of benzene rings is 8. The molecule has 42 heavy (non-hydrogen) atoms. The summed E-state index contributed by atoms with van der Waals surface area (Å²) in [5, 5.41) is 12.3. The van der Waals surface area contributed by atoms with Crippen molar-refractivity contribution in [2.45, 2.75) is 0 Å². The molecule has 8 aromatic carbocycles. The zero-order valence-corrected chi connectivity index (χ0v) is 22.8. The minimum Gasteiger partial charge on any atom is -0.456 e. The predicted octanol–water partition coefficient (Wildman–Crippen LogP) is 11.7. The summed E-state index contributed by atoms with van der Waals surface area (Å²) in [7, 11) is 0. The van der Waals surface area contributed by atoms with Gasteiger partial charge in [-0.15, -0.1) is 0 Å². The van der Waals surface area contributed by atoms with Crippen LogP contribution < -0.4 is 4.90 Å². The van der Waals surface area contributed by atoms with Crippen molar-refractivity contribution >= 4 is 82.1 Å². The first kappa shape index (κ1) is 23.1. The molecular formula is C40H25NO. The normalized spacial score (nSPS) is 11.8. The van der Waals surface area contributed by atoms with E-state index in [2.05, 4.69) is 144 Å². The summed E-state index contributed by atoms with van der Waals surface area (Å²) in [6, 6.07) is 54.4. The molecule has 0 radical (unpaired) electrons. The minimum absolute atomic E-state index is 0.928. The van der Waals surface area contributed by atoms with Crippen LogP contribution in [0.2, 0.25) is 0 Å². The van der Waals surface area contributed by atoms with Crippen LogP contribution in [0.1, 0.15) is 0 Å². The van der Waals surface area contributed by atoms with E-state index in [1.165, 1.54) is 54.2 Å². The van der Waals surface area contributed by atoms with Crippen LogP contribution in [0.5, 0.6) is 0 Å². The lowest BCUT2D eigenvalue weighted by Crippen LogP contribution is -2.10. The lowest BCUT2D eigenvalue weighted by molar-refractivity contribution is 0.669. The molecule has 0 aliphatic rings. The molecule has 0 atom stereocenters. The van der Waals surface area contributed by atoms with Crippen LogP contribution in [0, 0.1) is 0 Å². The lowest BCUT2D eigenvalue weighted by Gasteiger charge is -2.27. The van der Waals surface area contributed by atoms with Crippen LogP contribution in [0.4, 0.5) is 17.1 Å². The van der Waals surface area contributed by atoms with E-state index in [0.717, 1.165) is 27.9 Å². The molecule has 0 fully saturated rings. The monoisotopic (exact) mass is 535 g/mol. The summed E-state index contributed by atoms with van der Waals surface area (Å²) < 4.78 is 6.21. The number of furan rings is 1. The highest BCUT2D eigenvalue weighted by molar-refractivity contribution is 6.28. The molecule has 1 heterocycles. The fourth-order valence-corrected chi connectivity index (χ4v) is 6.73. The first-order chi connectivity index (χ1) is 20.8. The topological polar surface area (TPSA) is 16.4 Å². The smallest absolute Gasteiger partial charge is 0.136 e. The van der Waals surface area contributed by atoms with Gasteiger partial charge in [0.05, 0.1) is 5.69 Å². The SMILES string of the molecule is c1ccc(N(c2ccc3c(ccc4ccc5c(ccc6oc7ccccc7c65)c43)c2)c2cccc3ccccc23)cc1. The van der Waals surface area contributed by atoms with Gasteiger partial charge in [-0.25, -0.2) is 0 Å². The molecule has 0 amide bonds. The van der Waals surface area contributed by atoms with Gasteiger partial charge in [0.2, 0.25) is 0 Å². The fourth-order valence-electron chi connectivity index (χ4n) is 6.73. The molecule has 196 valence electrons. The predicted molar refractivity (Wildman–Crippen MR) is 178 cm³/mol. The summed E-state index contributed by atoms with van der Waals surface area (Å²) in [6.07, 6.45) is 0. The van der Waals surface area contributed by atoms with E-state index in [9.17, 15) is 0 Å². The molecule has 1 aromatic heterocycles. The Morgan fingerprint density at radius 1 is 0.357 bits per heavy atom. The molecule has 2 nitrogen and oxygen atoms in total. The average molecular weight is 536 g/mol. The van der Waals surface area contributed by atoms with Gasteiger partial charge in [-0.2, -0.15) is 0 Å². The number of hydrogen-bond acceptors (Lipinski definition) is 2. The first-order valence-electron chi connectivity index (χ1n) is 14.4. The Labute approximate surface area is 242 Å². The van der Waals surface area contributed by atoms with Gasteiger partial charge in [-0.3, -0.25) is 0 Å². The molecule has 9 rings (SSSR count). The number of fused-ring (bicyclic) bond motifs is 10. The molecule has 0 N–H and O–H groups in total. The molecule has 0 saturated carbocycles. The quantitative estimate of drug-likeness (QED) is 0.209. The van der Waals surface area contributed by atoms with E-state index in [0.29, 0.717) is 0 Å². The van der Waals surface area contributed by atoms with Crippen molar-refractivity contribution < 1.29 is 4.42 Å². The maximum atomic E-state index is 6.21. The lowest BCUT2D eigenvalue weighted by atomic mass is 9.94. The third kappa shape index (κ3) is 3.39. The van der Waals surface area contributed by atoms with Crippen molar-refractivity contribution in [3.8, 4) is 0 Å². The van der Waals surface area contributed by atoms with Crippen LogP contribution in [-0.2, 0) is 0 Å². The second kappa shape index (κ2) is 8.95. The van der Waals surface area contributed by atoms with Gasteiger partial charge in [-0.1, -0.05) is 103 Å². The van der Waals surface area contributed by atoms with Crippen LogP contribution in [0.25, 0.3) is 65.0 Å². The molecule has 0 saturated heterocycles. The summed E-state index contributed by atoms with van der Waals surface area (Å²) in [5.74, 6) is 0. The van der Waals surface area contributed by atoms with Gasteiger partial charge in [0, 0.05) is 27.5 Å². The Morgan fingerprint density at radius 3 is 1.98 bits per heavy atom. The van der Waals surface area contributed by atoms with E-state index in [4.69, 9.17) is 4.42 Å². The highest BCUT2D eigenvalue weighted by Crippen LogP contribution is 2.43. The molecule has 2 heteroatoms. The van der Waals surface area contributed by atoms with Crippen LogP contribution >= 0.6 is 0 Å². The summed E-state index contributed by atoms with van der Waals surface area (Å²) in [5.41, 5.74) is 5.29. The maximum absolute atomic E-state index is 6.21. The van der Waals surface area contributed by atoms with Gasteiger partial charge in [-0.05, 0) is 86.2 Å². The van der Waals surface area contributed by atoms with E-state index in [-0.39, 0.29) is 0 Å². The number of anilines is 3. The highest BCUT2D eigenvalue weighted by atomic mass is 16.3. The van der Waals surface area contributed by atoms with Crippen LogP contribution in [0.3, 0.4) is 0 Å². The highest BCUT2D eigenvalue weighted by Gasteiger charge is 2.17. The second-order valence-corrected chi connectivity index (χ2v) is 10.9. The summed E-state index contributed by atoms with van der Waals surface area (Å²) in [6.45, 7) is 0. The van der Waals surface area contributed by atoms with Gasteiger partial charge in [0.1, 0.15) is 11.2 Å². The molecule has 0 aliphatic heterocycles. The van der Waals surface area contributed by atoms with E-state index in [1.807, 2.05) is 12.1 Å². The third-order valence-electron chi connectivity index (χ3n) is 8.60. The standard InChI is InChI=1S/C40H25NO/c1-2-11-29(12-3-1)41(36-15-8-10-26-9-4-5-13-31(26)36)30-20-22-32-28(25-30)18-17-27-19-21-34-33(39(27)32)23-24-38-40(34)35-14-6-7-16-37(35)42-38/h1-25H. The van der Waals surface area contributed by atoms with Crippen LogP contribution in [0.15, 0.2) is 156 Å². The fraction of sp³-hybridized carbons (Fsp3) is 0. The van der Waals surface area contributed by atoms with Crippen molar-refractivity contribution in [2.75, 3.05) is 4.90 Å². The van der Waals surface area contributed by atoms with Crippen molar-refractivity contribution in [1.82, 2.24) is 0 Å². The molecule has 0 spiro atoms. The average Bonchev–Trinajstić information content (AvgIpc) is 3.44. The number of nitrogens with zero attached hydrogens (tertiary/aromatic N) is 1. The second-order valence-electron chi connectivity index (χ2n) is 10.9. The molecular weight excluding hydrogens is 510 g/mol. The minimum atomic E-state index is 0.928. The van der Waals surface area contributed by atoms with Crippen molar-refractivity contribution in [1.29, 1.82) is 0 Å². The van der Waals surface area contributed by atoms with E-state index in [1.54, 1.807) is 0 Å². The van der Waals surface area contributed by atoms with Crippen molar-refractivity contribution in [3.05, 3.63) is 152 Å². The zero-order chi connectivity index (χ0) is 27.6. The Bertz CT molecular complexity index is 2470.